The maximum atomic E-state index is 5.60. The van der Waals surface area contributed by atoms with Gasteiger partial charge >= 0.3 is 0 Å². The highest BCUT2D eigenvalue weighted by Gasteiger charge is 2.11. The van der Waals surface area contributed by atoms with E-state index >= 15 is 0 Å². The van der Waals surface area contributed by atoms with Crippen molar-refractivity contribution in [1.29, 1.82) is 0 Å². The number of rotatable bonds is 5. The van der Waals surface area contributed by atoms with Crippen LogP contribution in [0.3, 0.4) is 0 Å². The van der Waals surface area contributed by atoms with Gasteiger partial charge < -0.3 is 10.1 Å². The molecule has 0 fully saturated rings. The van der Waals surface area contributed by atoms with Crippen LogP contribution in [0.25, 0.3) is 0 Å². The van der Waals surface area contributed by atoms with Crippen LogP contribution in [0.4, 0.5) is 5.69 Å². The van der Waals surface area contributed by atoms with Gasteiger partial charge in [-0.25, -0.2) is 0 Å². The Morgan fingerprint density at radius 1 is 1.24 bits per heavy atom. The van der Waals surface area contributed by atoms with Gasteiger partial charge in [-0.3, -0.25) is 4.68 Å². The molecule has 0 bridgehead atoms. The van der Waals surface area contributed by atoms with Crippen LogP contribution in [-0.2, 0) is 13.6 Å². The number of hydrogen-bond acceptors (Lipinski definition) is 3. The number of halogens is 2. The van der Waals surface area contributed by atoms with Crippen molar-refractivity contribution < 1.29 is 4.74 Å². The zero-order valence-electron chi connectivity index (χ0n) is 12.6. The van der Waals surface area contributed by atoms with Crippen LogP contribution < -0.4 is 10.1 Å². The largest absolute Gasteiger partial charge is 0.492 e. The van der Waals surface area contributed by atoms with Crippen molar-refractivity contribution in [1.82, 2.24) is 9.78 Å². The summed E-state index contributed by atoms with van der Waals surface area (Å²) in [6.07, 6.45) is 0. The van der Waals surface area contributed by atoms with Gasteiger partial charge in [0.25, 0.3) is 0 Å². The van der Waals surface area contributed by atoms with E-state index in [1.807, 2.05) is 25.6 Å². The Morgan fingerprint density at radius 2 is 1.86 bits per heavy atom. The summed E-state index contributed by atoms with van der Waals surface area (Å²) in [5.41, 5.74) is 4.41. The molecule has 0 aliphatic carbocycles. The van der Waals surface area contributed by atoms with E-state index in [4.69, 9.17) is 4.74 Å². The summed E-state index contributed by atoms with van der Waals surface area (Å²) in [4.78, 5) is 0. The molecule has 2 rings (SSSR count). The second kappa shape index (κ2) is 6.83. The number of nitrogens with zero attached hydrogens (tertiary/aromatic N) is 2. The molecular formula is C15H19Br2N3O. The van der Waals surface area contributed by atoms with Crippen molar-refractivity contribution >= 4 is 37.5 Å². The maximum Gasteiger partial charge on any atom is 0.147 e. The fraction of sp³-hybridized carbons (Fsp3) is 0.400. The van der Waals surface area contributed by atoms with Crippen LogP contribution in [-0.4, -0.2) is 16.4 Å². The van der Waals surface area contributed by atoms with Gasteiger partial charge in [0.15, 0.2) is 0 Å². The van der Waals surface area contributed by atoms with Gasteiger partial charge in [-0.2, -0.15) is 5.10 Å². The molecule has 2 aromatic rings. The Hall–Kier alpha value is -1.01. The van der Waals surface area contributed by atoms with Crippen LogP contribution in [0.1, 0.15) is 23.9 Å². The Morgan fingerprint density at radius 3 is 2.33 bits per heavy atom. The molecule has 0 radical (unpaired) electrons. The van der Waals surface area contributed by atoms with Crippen LogP contribution in [0.2, 0.25) is 0 Å². The molecule has 0 aliphatic rings. The number of hydrogen-bond donors (Lipinski definition) is 1. The number of aryl methyl sites for hydroxylation is 2. The van der Waals surface area contributed by atoms with Gasteiger partial charge in [-0.1, -0.05) is 0 Å². The van der Waals surface area contributed by atoms with Crippen LogP contribution in [0, 0.1) is 13.8 Å². The van der Waals surface area contributed by atoms with Crippen molar-refractivity contribution in [3.05, 3.63) is 38.0 Å². The highest BCUT2D eigenvalue weighted by atomic mass is 79.9. The molecule has 0 aliphatic heterocycles. The van der Waals surface area contributed by atoms with Gasteiger partial charge in [0.1, 0.15) is 5.75 Å². The first-order chi connectivity index (χ1) is 9.93. The third kappa shape index (κ3) is 3.61. The third-order valence-corrected chi connectivity index (χ3v) is 4.50. The van der Waals surface area contributed by atoms with E-state index in [2.05, 4.69) is 61.3 Å². The molecule has 1 N–H and O–H groups in total. The number of ether oxygens (including phenoxy) is 1. The molecule has 0 amide bonds. The summed E-state index contributed by atoms with van der Waals surface area (Å²) in [6, 6.07) is 4.15. The second-order valence-corrected chi connectivity index (χ2v) is 6.55. The quantitative estimate of drug-likeness (QED) is 0.775. The lowest BCUT2D eigenvalue weighted by Gasteiger charge is -2.12. The summed E-state index contributed by atoms with van der Waals surface area (Å²) in [7, 11) is 1.96. The molecule has 114 valence electrons. The SMILES string of the molecule is CCOc1c(Br)cc(CNc2c(C)nn(C)c2C)cc1Br. The average molecular weight is 417 g/mol. The van der Waals surface area contributed by atoms with Gasteiger partial charge in [-0.05, 0) is 70.3 Å². The lowest BCUT2D eigenvalue weighted by Crippen LogP contribution is -2.03. The van der Waals surface area contributed by atoms with Crippen molar-refractivity contribution in [2.45, 2.75) is 27.3 Å². The van der Waals surface area contributed by atoms with E-state index in [0.717, 1.165) is 38.3 Å². The highest BCUT2D eigenvalue weighted by Crippen LogP contribution is 2.35. The number of anilines is 1. The molecule has 21 heavy (non-hydrogen) atoms. The lowest BCUT2D eigenvalue weighted by atomic mass is 10.2. The molecule has 0 saturated heterocycles. The third-order valence-electron chi connectivity index (χ3n) is 3.33. The Kier molecular flexibility index (Phi) is 5.32. The first-order valence-electron chi connectivity index (χ1n) is 6.78. The van der Waals surface area contributed by atoms with Crippen molar-refractivity contribution in [3.63, 3.8) is 0 Å². The molecule has 4 nitrogen and oxygen atoms in total. The number of nitrogens with one attached hydrogen (secondary N) is 1. The van der Waals surface area contributed by atoms with Crippen molar-refractivity contribution in [3.8, 4) is 5.75 Å². The van der Waals surface area contributed by atoms with E-state index in [0.29, 0.717) is 6.61 Å². The minimum Gasteiger partial charge on any atom is -0.492 e. The number of benzene rings is 1. The lowest BCUT2D eigenvalue weighted by molar-refractivity contribution is 0.336. The van der Waals surface area contributed by atoms with Gasteiger partial charge in [0.05, 0.1) is 32.6 Å². The zero-order chi connectivity index (χ0) is 15.6. The Labute approximate surface area is 142 Å². The molecule has 1 heterocycles. The summed E-state index contributed by atoms with van der Waals surface area (Å²) < 4.78 is 9.40. The summed E-state index contributed by atoms with van der Waals surface area (Å²) in [5, 5.41) is 7.87. The van der Waals surface area contributed by atoms with E-state index in [1.165, 1.54) is 5.56 Å². The molecule has 0 unspecified atom stereocenters. The predicted molar refractivity (Wildman–Crippen MR) is 93.0 cm³/mol. The van der Waals surface area contributed by atoms with Crippen molar-refractivity contribution in [2.24, 2.45) is 7.05 Å². The standard InChI is InChI=1S/C15H19Br2N3O/c1-5-21-15-12(16)6-11(7-13(15)17)8-18-14-9(2)19-20(4)10(14)3/h6-7,18H,5,8H2,1-4H3. The summed E-state index contributed by atoms with van der Waals surface area (Å²) in [5.74, 6) is 0.843. The van der Waals surface area contributed by atoms with E-state index < -0.39 is 0 Å². The fourth-order valence-corrected chi connectivity index (χ4v) is 3.73. The van der Waals surface area contributed by atoms with E-state index in [1.54, 1.807) is 0 Å². The fourth-order valence-electron chi connectivity index (χ4n) is 2.22. The maximum absolute atomic E-state index is 5.60. The topological polar surface area (TPSA) is 39.1 Å². The van der Waals surface area contributed by atoms with Crippen LogP contribution in [0.5, 0.6) is 5.75 Å². The van der Waals surface area contributed by atoms with Crippen LogP contribution >= 0.6 is 31.9 Å². The summed E-state index contributed by atoms with van der Waals surface area (Å²) >= 11 is 7.12. The Bertz CT molecular complexity index is 630. The molecule has 1 aromatic carbocycles. The normalized spacial score (nSPS) is 10.8. The molecule has 0 atom stereocenters. The molecular weight excluding hydrogens is 398 g/mol. The predicted octanol–water partition coefficient (Wildman–Crippen LogP) is 4.57. The van der Waals surface area contributed by atoms with Crippen molar-refractivity contribution in [2.75, 3.05) is 11.9 Å². The van der Waals surface area contributed by atoms with Crippen LogP contribution in [0.15, 0.2) is 21.1 Å². The number of aromatic nitrogens is 2. The first kappa shape index (κ1) is 16.4. The summed E-state index contributed by atoms with van der Waals surface area (Å²) in [6.45, 7) is 7.42. The minimum atomic E-state index is 0.642. The highest BCUT2D eigenvalue weighted by molar-refractivity contribution is 9.11. The molecule has 0 spiro atoms. The zero-order valence-corrected chi connectivity index (χ0v) is 15.8. The Balaban J connectivity index is 2.17. The average Bonchev–Trinajstić information content (AvgIpc) is 2.66. The monoisotopic (exact) mass is 415 g/mol. The van der Waals surface area contributed by atoms with E-state index in [-0.39, 0.29) is 0 Å². The van der Waals surface area contributed by atoms with Gasteiger partial charge in [-0.15, -0.1) is 0 Å². The van der Waals surface area contributed by atoms with E-state index in [9.17, 15) is 0 Å². The first-order valence-corrected chi connectivity index (χ1v) is 8.37. The smallest absolute Gasteiger partial charge is 0.147 e. The molecule has 0 saturated carbocycles. The second-order valence-electron chi connectivity index (χ2n) is 4.84. The molecule has 1 aromatic heterocycles. The molecule has 6 heteroatoms. The minimum absolute atomic E-state index is 0.642. The van der Waals surface area contributed by atoms with Gasteiger partial charge in [0.2, 0.25) is 0 Å². The van der Waals surface area contributed by atoms with Gasteiger partial charge in [0, 0.05) is 13.6 Å².